The zero-order valence-electron chi connectivity index (χ0n) is 13.8. The Kier molecular flexibility index (Phi) is 5.60. The van der Waals surface area contributed by atoms with Crippen LogP contribution in [-0.2, 0) is 6.61 Å². The quantitative estimate of drug-likeness (QED) is 0.530. The number of amides is 1. The minimum atomic E-state index is -0.333. The van der Waals surface area contributed by atoms with Crippen molar-refractivity contribution in [2.75, 3.05) is 0 Å². The summed E-state index contributed by atoms with van der Waals surface area (Å²) in [4.78, 5) is 11.9. The van der Waals surface area contributed by atoms with E-state index in [1.165, 1.54) is 6.21 Å². The Morgan fingerprint density at radius 1 is 1.27 bits per heavy atom. The van der Waals surface area contributed by atoms with Gasteiger partial charge in [-0.05, 0) is 55.0 Å². The maximum Gasteiger partial charge on any atom is 0.271 e. The van der Waals surface area contributed by atoms with Crippen molar-refractivity contribution < 1.29 is 14.2 Å². The number of hydrazone groups is 1. The van der Waals surface area contributed by atoms with Crippen LogP contribution in [0.4, 0.5) is 0 Å². The molecular weight excluding hydrogens is 356 g/mol. The van der Waals surface area contributed by atoms with Gasteiger partial charge < -0.3 is 4.74 Å². The van der Waals surface area contributed by atoms with Crippen LogP contribution >= 0.6 is 11.6 Å². The first-order valence-electron chi connectivity index (χ1n) is 7.72. The molecule has 0 aliphatic carbocycles. The minimum Gasteiger partial charge on any atom is -0.487 e. The summed E-state index contributed by atoms with van der Waals surface area (Å²) < 4.78 is 10.2. The predicted octanol–water partition coefficient (Wildman–Crippen LogP) is 3.37. The van der Waals surface area contributed by atoms with Crippen LogP contribution in [0.25, 0.3) is 0 Å². The summed E-state index contributed by atoms with van der Waals surface area (Å²) in [5.41, 5.74) is 5.05. The zero-order valence-corrected chi connectivity index (χ0v) is 14.6. The van der Waals surface area contributed by atoms with Gasteiger partial charge in [0.05, 0.1) is 6.21 Å². The third kappa shape index (κ3) is 4.67. The molecule has 1 N–H and O–H groups in total. The number of carbonyl (C=O) groups is 1. The lowest BCUT2D eigenvalue weighted by Gasteiger charge is -2.04. The number of halogens is 1. The zero-order chi connectivity index (χ0) is 18.4. The normalized spacial score (nSPS) is 10.8. The van der Waals surface area contributed by atoms with Crippen LogP contribution in [0.1, 0.15) is 27.3 Å². The second kappa shape index (κ2) is 8.26. The summed E-state index contributed by atoms with van der Waals surface area (Å²) >= 11 is 5.86. The number of carbonyl (C=O) groups excluding carboxylic acids is 1. The molecule has 1 amide bonds. The lowest BCUT2D eigenvalue weighted by Crippen LogP contribution is -2.17. The molecule has 0 radical (unpaired) electrons. The highest BCUT2D eigenvalue weighted by Gasteiger charge is 2.06. The molecule has 0 aliphatic rings. The van der Waals surface area contributed by atoms with Gasteiger partial charge in [0.2, 0.25) is 0 Å². The standard InChI is InChI=1S/C18H15ClN4O3/c1-12-17(23-26-22-12)11-25-16-7-5-13(6-8-16)10-20-21-18(24)14-3-2-4-15(19)9-14/h2-10H,11H2,1H3,(H,21,24)/b20-10+. The Labute approximate surface area is 154 Å². The van der Waals surface area contributed by atoms with Crippen molar-refractivity contribution in [1.29, 1.82) is 0 Å². The van der Waals surface area contributed by atoms with Gasteiger partial charge in [0.1, 0.15) is 23.7 Å². The Hall–Kier alpha value is -3.19. The number of nitrogens with one attached hydrogen (secondary N) is 1. The van der Waals surface area contributed by atoms with Crippen LogP contribution in [0.5, 0.6) is 5.75 Å². The van der Waals surface area contributed by atoms with Crippen molar-refractivity contribution >= 4 is 23.7 Å². The van der Waals surface area contributed by atoms with Crippen LogP contribution < -0.4 is 10.2 Å². The fraction of sp³-hybridized carbons (Fsp3) is 0.111. The second-order valence-corrected chi connectivity index (χ2v) is 5.80. The van der Waals surface area contributed by atoms with E-state index < -0.39 is 0 Å². The lowest BCUT2D eigenvalue weighted by molar-refractivity contribution is 0.0955. The van der Waals surface area contributed by atoms with E-state index in [0.717, 1.165) is 5.56 Å². The average molecular weight is 371 g/mol. The van der Waals surface area contributed by atoms with E-state index in [9.17, 15) is 4.79 Å². The largest absolute Gasteiger partial charge is 0.487 e. The van der Waals surface area contributed by atoms with Crippen molar-refractivity contribution in [2.45, 2.75) is 13.5 Å². The molecule has 0 saturated carbocycles. The van der Waals surface area contributed by atoms with Crippen molar-refractivity contribution in [3.05, 3.63) is 76.1 Å². The second-order valence-electron chi connectivity index (χ2n) is 5.36. The molecule has 0 fully saturated rings. The van der Waals surface area contributed by atoms with Crippen LogP contribution in [0.15, 0.2) is 58.3 Å². The van der Waals surface area contributed by atoms with Gasteiger partial charge in [-0.3, -0.25) is 4.79 Å². The molecule has 1 heterocycles. The molecule has 0 atom stereocenters. The first kappa shape index (κ1) is 17.6. The first-order chi connectivity index (χ1) is 12.6. The molecule has 26 heavy (non-hydrogen) atoms. The first-order valence-corrected chi connectivity index (χ1v) is 8.09. The lowest BCUT2D eigenvalue weighted by atomic mass is 10.2. The number of ether oxygens (including phenoxy) is 1. The van der Waals surface area contributed by atoms with E-state index in [0.29, 0.717) is 27.7 Å². The number of rotatable bonds is 6. The number of aryl methyl sites for hydroxylation is 1. The number of aromatic nitrogens is 2. The van der Waals surface area contributed by atoms with Gasteiger partial charge in [0.25, 0.3) is 5.91 Å². The summed E-state index contributed by atoms with van der Waals surface area (Å²) in [6.07, 6.45) is 1.54. The van der Waals surface area contributed by atoms with Crippen molar-refractivity contribution in [1.82, 2.24) is 15.7 Å². The monoisotopic (exact) mass is 370 g/mol. The molecule has 3 aromatic rings. The molecule has 0 spiro atoms. The van der Waals surface area contributed by atoms with E-state index in [1.54, 1.807) is 43.3 Å². The SMILES string of the molecule is Cc1nonc1COc1ccc(/C=N/NC(=O)c2cccc(Cl)c2)cc1. The molecule has 0 saturated heterocycles. The summed E-state index contributed by atoms with van der Waals surface area (Å²) in [5.74, 6) is 0.341. The highest BCUT2D eigenvalue weighted by atomic mass is 35.5. The molecule has 3 rings (SSSR count). The number of benzene rings is 2. The predicted molar refractivity (Wildman–Crippen MR) is 96.3 cm³/mol. The average Bonchev–Trinajstić information content (AvgIpc) is 3.06. The third-order valence-electron chi connectivity index (χ3n) is 3.47. The molecule has 0 aliphatic heterocycles. The molecule has 132 valence electrons. The highest BCUT2D eigenvalue weighted by Crippen LogP contribution is 2.14. The van der Waals surface area contributed by atoms with E-state index in [1.807, 2.05) is 12.1 Å². The molecule has 8 heteroatoms. The van der Waals surface area contributed by atoms with Crippen molar-refractivity contribution in [3.63, 3.8) is 0 Å². The van der Waals surface area contributed by atoms with Crippen LogP contribution in [-0.4, -0.2) is 22.4 Å². The van der Waals surface area contributed by atoms with Gasteiger partial charge in [-0.25, -0.2) is 10.1 Å². The van der Waals surface area contributed by atoms with Gasteiger partial charge in [-0.1, -0.05) is 28.0 Å². The van der Waals surface area contributed by atoms with Crippen molar-refractivity contribution in [3.8, 4) is 5.75 Å². The summed E-state index contributed by atoms with van der Waals surface area (Å²) in [6, 6.07) is 13.9. The molecule has 2 aromatic carbocycles. The van der Waals surface area contributed by atoms with E-state index >= 15 is 0 Å². The topological polar surface area (TPSA) is 89.6 Å². The molecule has 0 bridgehead atoms. The Bertz CT molecular complexity index is 922. The van der Waals surface area contributed by atoms with E-state index in [4.69, 9.17) is 16.3 Å². The highest BCUT2D eigenvalue weighted by molar-refractivity contribution is 6.30. The van der Waals surface area contributed by atoms with Crippen LogP contribution in [0, 0.1) is 6.92 Å². The Morgan fingerprint density at radius 3 is 2.77 bits per heavy atom. The van der Waals surface area contributed by atoms with Crippen LogP contribution in [0.2, 0.25) is 5.02 Å². The molecule has 0 unspecified atom stereocenters. The minimum absolute atomic E-state index is 0.276. The molecule has 1 aromatic heterocycles. The van der Waals surface area contributed by atoms with Gasteiger partial charge >= 0.3 is 0 Å². The summed E-state index contributed by atoms with van der Waals surface area (Å²) in [6.45, 7) is 2.07. The third-order valence-corrected chi connectivity index (χ3v) is 3.70. The van der Waals surface area contributed by atoms with Gasteiger partial charge in [0.15, 0.2) is 0 Å². The molecular formula is C18H15ClN4O3. The van der Waals surface area contributed by atoms with Gasteiger partial charge in [-0.2, -0.15) is 5.10 Å². The maximum absolute atomic E-state index is 11.9. The fourth-order valence-corrected chi connectivity index (χ4v) is 2.23. The number of hydrogen-bond acceptors (Lipinski definition) is 6. The number of hydrogen-bond donors (Lipinski definition) is 1. The Morgan fingerprint density at radius 2 is 2.08 bits per heavy atom. The van der Waals surface area contributed by atoms with Gasteiger partial charge in [0, 0.05) is 10.6 Å². The summed E-state index contributed by atoms with van der Waals surface area (Å²) in [7, 11) is 0. The Balaban J connectivity index is 1.53. The van der Waals surface area contributed by atoms with Crippen LogP contribution in [0.3, 0.4) is 0 Å². The van der Waals surface area contributed by atoms with E-state index in [-0.39, 0.29) is 12.5 Å². The van der Waals surface area contributed by atoms with E-state index in [2.05, 4.69) is 25.5 Å². The van der Waals surface area contributed by atoms with Crippen molar-refractivity contribution in [2.24, 2.45) is 5.10 Å². The fourth-order valence-electron chi connectivity index (χ4n) is 2.04. The van der Waals surface area contributed by atoms with Gasteiger partial charge in [-0.15, -0.1) is 0 Å². The summed E-state index contributed by atoms with van der Waals surface area (Å²) in [5, 5.41) is 11.9. The molecule has 7 nitrogen and oxygen atoms in total. The smallest absolute Gasteiger partial charge is 0.271 e. The maximum atomic E-state index is 11.9. The number of nitrogens with zero attached hydrogens (tertiary/aromatic N) is 3.